The summed E-state index contributed by atoms with van der Waals surface area (Å²) in [6.45, 7) is 8.44. The molecule has 0 aromatic carbocycles. The molecule has 12 nitrogen and oxygen atoms in total. The van der Waals surface area contributed by atoms with Gasteiger partial charge in [0.1, 0.15) is 34.5 Å². The number of hydrogen-bond acceptors (Lipinski definition) is 9. The third-order valence-corrected chi connectivity index (χ3v) is 8.74. The Morgan fingerprint density at radius 1 is 1.14 bits per heavy atom. The van der Waals surface area contributed by atoms with E-state index in [9.17, 15) is 19.5 Å². The molecule has 2 fully saturated rings. The number of rotatable bonds is 6. The van der Waals surface area contributed by atoms with Crippen molar-refractivity contribution in [2.75, 3.05) is 5.32 Å². The average Bonchev–Trinajstić information content (AvgIpc) is 3.39. The Kier molecular flexibility index (Phi) is 6.69. The van der Waals surface area contributed by atoms with Crippen molar-refractivity contribution < 1.29 is 19.5 Å². The van der Waals surface area contributed by atoms with E-state index >= 15 is 0 Å². The molecule has 4 aromatic rings. The van der Waals surface area contributed by atoms with Gasteiger partial charge in [0.25, 0.3) is 5.91 Å². The lowest BCUT2D eigenvalue weighted by atomic mass is 9.97. The van der Waals surface area contributed by atoms with Gasteiger partial charge >= 0.3 is 0 Å². The number of fused-ring (bicyclic) bond motifs is 2. The molecule has 0 unspecified atom stereocenters. The first-order valence-electron chi connectivity index (χ1n) is 13.5. The molecule has 2 amide bonds. The number of anilines is 1. The second-order valence-corrected chi connectivity index (χ2v) is 12.1. The zero-order valence-electron chi connectivity index (χ0n) is 23.7. The maximum Gasteiger partial charge on any atom is 0.251 e. The maximum atomic E-state index is 13.9. The number of carbonyl (C=O) groups excluding carboxylic acids is 3. The Morgan fingerprint density at radius 2 is 1.86 bits per heavy atom. The van der Waals surface area contributed by atoms with Crippen LogP contribution in [0.2, 0.25) is 0 Å². The fourth-order valence-electron chi connectivity index (χ4n) is 5.87. The summed E-state index contributed by atoms with van der Waals surface area (Å²) >= 11 is 3.32. The van der Waals surface area contributed by atoms with E-state index < -0.39 is 29.4 Å². The molecule has 1 saturated heterocycles. The number of aliphatic hydroxyl groups excluding tert-OH is 1. The standard InChI is InChI=1S/C29H29BrN8O4/c1-13-6-7-21(30)34-27(13)35-28(42)25-26(41)29(5)9-20(29)38(25)22(40)12-37-24-14(2)33-19(17-10-31-16(4)32-11-17)8-18(24)23(36-37)15(3)39/h6-8,10-11,20,25-26,41H,9,12H2,1-5H3,(H,34,35,42)/t20-,25+,26+,29+/m1/s1. The lowest BCUT2D eigenvalue weighted by molar-refractivity contribution is -0.141. The normalized spacial score (nSPS) is 22.7. The lowest BCUT2D eigenvalue weighted by Crippen LogP contribution is -2.51. The van der Waals surface area contributed by atoms with Gasteiger partial charge in [0, 0.05) is 41.7 Å². The number of nitrogens with zero attached hydrogens (tertiary/aromatic N) is 7. The van der Waals surface area contributed by atoms with Gasteiger partial charge in [0.15, 0.2) is 5.78 Å². The fourth-order valence-corrected chi connectivity index (χ4v) is 6.18. The molecule has 5 heterocycles. The molecule has 4 atom stereocenters. The summed E-state index contributed by atoms with van der Waals surface area (Å²) in [5, 5.41) is 19.1. The highest BCUT2D eigenvalue weighted by Gasteiger charge is 2.70. The molecule has 42 heavy (non-hydrogen) atoms. The number of Topliss-reactive ketones (excluding diaryl/α,β-unsaturated/α-hetero) is 1. The fraction of sp³-hybridized carbons (Fsp3) is 0.379. The van der Waals surface area contributed by atoms with Crippen molar-refractivity contribution in [1.82, 2.24) is 34.6 Å². The zero-order valence-corrected chi connectivity index (χ0v) is 25.3. The van der Waals surface area contributed by atoms with Crippen LogP contribution in [0, 0.1) is 26.2 Å². The van der Waals surface area contributed by atoms with Crippen LogP contribution in [0.25, 0.3) is 22.2 Å². The van der Waals surface area contributed by atoms with Crippen molar-refractivity contribution >= 4 is 50.2 Å². The van der Waals surface area contributed by atoms with E-state index in [1.54, 1.807) is 38.4 Å². The Bertz CT molecular complexity index is 1790. The van der Waals surface area contributed by atoms with Crippen molar-refractivity contribution in [1.29, 1.82) is 0 Å². The molecular formula is C29H29BrN8O4. The monoisotopic (exact) mass is 632 g/mol. The number of ketones is 1. The number of nitrogens with one attached hydrogen (secondary N) is 1. The Morgan fingerprint density at radius 3 is 2.55 bits per heavy atom. The number of hydrogen-bond donors (Lipinski definition) is 2. The summed E-state index contributed by atoms with van der Waals surface area (Å²) < 4.78 is 2.01. The van der Waals surface area contributed by atoms with Crippen LogP contribution in [-0.2, 0) is 16.1 Å². The molecule has 2 N–H and O–H groups in total. The maximum absolute atomic E-state index is 13.9. The molecule has 0 radical (unpaired) electrons. The van der Waals surface area contributed by atoms with E-state index in [2.05, 4.69) is 41.3 Å². The Labute approximate surface area is 249 Å². The summed E-state index contributed by atoms with van der Waals surface area (Å²) in [5.41, 5.74) is 2.74. The van der Waals surface area contributed by atoms with Gasteiger partial charge in [-0.1, -0.05) is 13.0 Å². The highest BCUT2D eigenvalue weighted by molar-refractivity contribution is 9.10. The number of halogens is 1. The van der Waals surface area contributed by atoms with Gasteiger partial charge in [-0.3, -0.25) is 24.0 Å². The van der Waals surface area contributed by atoms with Gasteiger partial charge in [-0.25, -0.2) is 15.0 Å². The second-order valence-electron chi connectivity index (χ2n) is 11.3. The molecule has 1 aliphatic carbocycles. The van der Waals surface area contributed by atoms with Crippen molar-refractivity contribution in [2.24, 2.45) is 5.41 Å². The van der Waals surface area contributed by atoms with E-state index in [1.165, 1.54) is 16.5 Å². The van der Waals surface area contributed by atoms with Crippen LogP contribution in [0.4, 0.5) is 5.82 Å². The first-order chi connectivity index (χ1) is 19.9. The molecule has 0 bridgehead atoms. The molecule has 1 saturated carbocycles. The molecule has 6 rings (SSSR count). The quantitative estimate of drug-likeness (QED) is 0.241. The van der Waals surface area contributed by atoms with Crippen molar-refractivity contribution in [2.45, 2.75) is 65.8 Å². The predicted octanol–water partition coefficient (Wildman–Crippen LogP) is 3.16. The SMILES string of the molecule is CC(=O)c1nn(CC(=O)N2[C@H](C(=O)Nc3nc(Br)ccc3C)[C@H](O)[C@@]3(C)C[C@@H]23)c2c(C)nc(-c3cnc(C)nc3)cc12. The number of aromatic nitrogens is 6. The Hall–Kier alpha value is -4.10. The highest BCUT2D eigenvalue weighted by atomic mass is 79.9. The van der Waals surface area contributed by atoms with Crippen molar-refractivity contribution in [3.8, 4) is 11.3 Å². The molecule has 216 valence electrons. The van der Waals surface area contributed by atoms with Crippen molar-refractivity contribution in [3.05, 3.63) is 58.0 Å². The van der Waals surface area contributed by atoms with Crippen LogP contribution in [0.15, 0.2) is 35.2 Å². The summed E-state index contributed by atoms with van der Waals surface area (Å²) in [4.78, 5) is 59.0. The molecule has 4 aromatic heterocycles. The topological polar surface area (TPSA) is 156 Å². The lowest BCUT2D eigenvalue weighted by Gasteiger charge is -2.29. The number of aliphatic hydroxyl groups is 1. The van der Waals surface area contributed by atoms with Crippen LogP contribution < -0.4 is 5.32 Å². The number of carbonyl (C=O) groups is 3. The third-order valence-electron chi connectivity index (χ3n) is 8.30. The minimum atomic E-state index is -1.11. The molecule has 1 aliphatic heterocycles. The second kappa shape index (κ2) is 10.0. The number of likely N-dealkylation sites (tertiary alicyclic amines) is 1. The van der Waals surface area contributed by atoms with E-state index in [1.807, 2.05) is 19.9 Å². The van der Waals surface area contributed by atoms with Crippen LogP contribution in [0.3, 0.4) is 0 Å². The van der Waals surface area contributed by atoms with E-state index in [4.69, 9.17) is 4.98 Å². The minimum Gasteiger partial charge on any atom is -0.390 e. The van der Waals surface area contributed by atoms with Crippen LogP contribution in [0.5, 0.6) is 0 Å². The number of piperidine rings is 1. The van der Waals surface area contributed by atoms with Crippen LogP contribution in [-0.4, -0.2) is 75.5 Å². The van der Waals surface area contributed by atoms with Gasteiger partial charge in [0.05, 0.1) is 23.0 Å². The highest BCUT2D eigenvalue weighted by Crippen LogP contribution is 2.59. The van der Waals surface area contributed by atoms with Crippen LogP contribution >= 0.6 is 15.9 Å². The summed E-state index contributed by atoms with van der Waals surface area (Å²) in [7, 11) is 0. The van der Waals surface area contributed by atoms with E-state index in [-0.39, 0.29) is 24.1 Å². The van der Waals surface area contributed by atoms with E-state index in [0.717, 1.165) is 5.56 Å². The van der Waals surface area contributed by atoms with Gasteiger partial charge in [0.2, 0.25) is 5.91 Å². The summed E-state index contributed by atoms with van der Waals surface area (Å²) in [6, 6.07) is 3.92. The number of aryl methyl sites for hydroxylation is 3. The molecular weight excluding hydrogens is 604 g/mol. The number of amides is 2. The first-order valence-corrected chi connectivity index (χ1v) is 14.3. The molecule has 2 aliphatic rings. The van der Waals surface area contributed by atoms with Gasteiger partial charge in [-0.05, 0) is 60.8 Å². The summed E-state index contributed by atoms with van der Waals surface area (Å²) in [5.74, 6) is -0.199. The van der Waals surface area contributed by atoms with Crippen LogP contribution in [0.1, 0.15) is 47.8 Å². The third kappa shape index (κ3) is 4.56. The van der Waals surface area contributed by atoms with Crippen molar-refractivity contribution in [3.63, 3.8) is 0 Å². The van der Waals surface area contributed by atoms with Gasteiger partial charge in [-0.15, -0.1) is 0 Å². The van der Waals surface area contributed by atoms with E-state index in [0.29, 0.717) is 50.5 Å². The summed E-state index contributed by atoms with van der Waals surface area (Å²) in [6.07, 6.45) is 2.86. The number of pyridine rings is 2. The predicted molar refractivity (Wildman–Crippen MR) is 156 cm³/mol. The largest absolute Gasteiger partial charge is 0.390 e. The molecule has 13 heteroatoms. The zero-order chi connectivity index (χ0) is 30.1. The van der Waals surface area contributed by atoms with Gasteiger partial charge < -0.3 is 15.3 Å². The molecule has 0 spiro atoms. The minimum absolute atomic E-state index is 0.209. The van der Waals surface area contributed by atoms with Gasteiger partial charge in [-0.2, -0.15) is 5.10 Å². The first kappa shape index (κ1) is 28.0. The average molecular weight is 634 g/mol. The Balaban J connectivity index is 1.34. The smallest absolute Gasteiger partial charge is 0.251 e.